The van der Waals surface area contributed by atoms with E-state index in [2.05, 4.69) is 5.32 Å². The number of benzene rings is 1. The van der Waals surface area contributed by atoms with Crippen molar-refractivity contribution in [3.63, 3.8) is 0 Å². The number of nitrogens with one attached hydrogen (secondary N) is 1. The van der Waals surface area contributed by atoms with Crippen molar-refractivity contribution in [3.8, 4) is 0 Å². The molecule has 0 saturated carbocycles. The summed E-state index contributed by atoms with van der Waals surface area (Å²) in [7, 11) is 0. The van der Waals surface area contributed by atoms with Crippen LogP contribution in [0.4, 0.5) is 10.5 Å². The number of hydrogen-bond acceptors (Lipinski definition) is 3. The van der Waals surface area contributed by atoms with Crippen LogP contribution in [-0.4, -0.2) is 16.8 Å². The lowest BCUT2D eigenvalue weighted by Gasteiger charge is -2.20. The molecule has 2 N–H and O–H groups in total. The molecular formula is C14H21NO3. The van der Waals surface area contributed by atoms with Crippen LogP contribution in [0.5, 0.6) is 0 Å². The molecular weight excluding hydrogens is 230 g/mol. The van der Waals surface area contributed by atoms with Crippen LogP contribution in [0.15, 0.2) is 12.1 Å². The van der Waals surface area contributed by atoms with Gasteiger partial charge in [0.1, 0.15) is 5.60 Å². The normalized spacial score (nSPS) is 11.2. The molecule has 1 aromatic carbocycles. The highest BCUT2D eigenvalue weighted by Gasteiger charge is 2.17. The number of anilines is 1. The minimum atomic E-state index is -0.516. The van der Waals surface area contributed by atoms with Crippen molar-refractivity contribution in [2.45, 2.75) is 46.8 Å². The Hall–Kier alpha value is -1.55. The van der Waals surface area contributed by atoms with Gasteiger partial charge in [-0.05, 0) is 57.4 Å². The van der Waals surface area contributed by atoms with Gasteiger partial charge in [-0.2, -0.15) is 0 Å². The summed E-state index contributed by atoms with van der Waals surface area (Å²) in [5.74, 6) is 0. The summed E-state index contributed by atoms with van der Waals surface area (Å²) in [6.07, 6.45) is -0.471. The van der Waals surface area contributed by atoms with Gasteiger partial charge in [0, 0.05) is 5.69 Å². The van der Waals surface area contributed by atoms with Crippen LogP contribution in [0.1, 0.15) is 37.5 Å². The average molecular weight is 251 g/mol. The van der Waals surface area contributed by atoms with E-state index in [9.17, 15) is 4.79 Å². The van der Waals surface area contributed by atoms with Crippen LogP contribution in [-0.2, 0) is 11.3 Å². The predicted octanol–water partition coefficient (Wildman–Crippen LogP) is 3.14. The topological polar surface area (TPSA) is 58.6 Å². The smallest absolute Gasteiger partial charge is 0.412 e. The van der Waals surface area contributed by atoms with Crippen molar-refractivity contribution >= 4 is 11.8 Å². The summed E-state index contributed by atoms with van der Waals surface area (Å²) in [5, 5.41) is 11.9. The fourth-order valence-electron chi connectivity index (χ4n) is 1.60. The van der Waals surface area contributed by atoms with Crippen molar-refractivity contribution in [1.82, 2.24) is 0 Å². The molecule has 0 radical (unpaired) electrons. The Labute approximate surface area is 108 Å². The maximum atomic E-state index is 11.7. The fourth-order valence-corrected chi connectivity index (χ4v) is 1.60. The molecule has 0 aliphatic carbocycles. The second-order valence-electron chi connectivity index (χ2n) is 5.31. The maximum absolute atomic E-state index is 11.7. The summed E-state index contributed by atoms with van der Waals surface area (Å²) in [6, 6.07) is 3.58. The zero-order chi connectivity index (χ0) is 13.9. The third kappa shape index (κ3) is 3.74. The third-order valence-corrected chi connectivity index (χ3v) is 2.71. The van der Waals surface area contributed by atoms with Gasteiger partial charge >= 0.3 is 6.09 Å². The van der Waals surface area contributed by atoms with Gasteiger partial charge in [0.2, 0.25) is 0 Å². The van der Waals surface area contributed by atoms with Gasteiger partial charge in [-0.3, -0.25) is 5.32 Å². The van der Waals surface area contributed by atoms with E-state index in [1.807, 2.05) is 34.6 Å². The van der Waals surface area contributed by atoms with Crippen molar-refractivity contribution in [3.05, 3.63) is 28.8 Å². The lowest BCUT2D eigenvalue weighted by Crippen LogP contribution is -2.27. The fraction of sp³-hybridized carbons (Fsp3) is 0.500. The molecule has 0 heterocycles. The number of hydrogen-bond donors (Lipinski definition) is 2. The molecule has 0 atom stereocenters. The third-order valence-electron chi connectivity index (χ3n) is 2.71. The number of aliphatic hydroxyl groups is 1. The average Bonchev–Trinajstić information content (AvgIpc) is 2.22. The van der Waals surface area contributed by atoms with Crippen molar-refractivity contribution < 1.29 is 14.6 Å². The summed E-state index contributed by atoms with van der Waals surface area (Å²) < 4.78 is 5.19. The lowest BCUT2D eigenvalue weighted by atomic mass is 10.0. The molecule has 4 nitrogen and oxygen atoms in total. The van der Waals surface area contributed by atoms with Crippen LogP contribution in [0.2, 0.25) is 0 Å². The molecule has 18 heavy (non-hydrogen) atoms. The van der Waals surface area contributed by atoms with Crippen LogP contribution < -0.4 is 5.32 Å². The van der Waals surface area contributed by atoms with E-state index in [1.54, 1.807) is 12.1 Å². The Morgan fingerprint density at radius 3 is 2.39 bits per heavy atom. The molecule has 1 rings (SSSR count). The highest BCUT2D eigenvalue weighted by Crippen LogP contribution is 2.22. The highest BCUT2D eigenvalue weighted by atomic mass is 16.6. The molecule has 4 heteroatoms. The molecule has 0 unspecified atom stereocenters. The molecule has 0 spiro atoms. The van der Waals surface area contributed by atoms with Gasteiger partial charge in [-0.15, -0.1) is 0 Å². The van der Waals surface area contributed by atoms with Gasteiger partial charge < -0.3 is 9.84 Å². The second-order valence-corrected chi connectivity index (χ2v) is 5.31. The minimum absolute atomic E-state index is 0.000604. The van der Waals surface area contributed by atoms with Crippen molar-refractivity contribution in [1.29, 1.82) is 0 Å². The van der Waals surface area contributed by atoms with Gasteiger partial charge in [-0.25, -0.2) is 4.79 Å². The Morgan fingerprint density at radius 1 is 1.28 bits per heavy atom. The molecule has 0 aliphatic rings. The summed E-state index contributed by atoms with van der Waals surface area (Å²) >= 11 is 0. The number of amides is 1. The Kier molecular flexibility index (Phi) is 4.35. The molecule has 1 amide bonds. The zero-order valence-electron chi connectivity index (χ0n) is 11.6. The predicted molar refractivity (Wildman–Crippen MR) is 71.7 cm³/mol. The summed E-state index contributed by atoms with van der Waals surface area (Å²) in [4.78, 5) is 11.7. The molecule has 0 bridgehead atoms. The first-order valence-corrected chi connectivity index (χ1v) is 5.94. The Balaban J connectivity index is 2.86. The van der Waals surface area contributed by atoms with E-state index < -0.39 is 11.7 Å². The number of carbonyl (C=O) groups is 1. The van der Waals surface area contributed by atoms with Gasteiger partial charge in [0.15, 0.2) is 0 Å². The zero-order valence-corrected chi connectivity index (χ0v) is 11.6. The van der Waals surface area contributed by atoms with E-state index in [1.165, 1.54) is 0 Å². The largest absolute Gasteiger partial charge is 0.444 e. The Bertz CT molecular complexity index is 447. The van der Waals surface area contributed by atoms with E-state index in [0.717, 1.165) is 16.7 Å². The number of carbonyl (C=O) groups excluding carboxylic acids is 1. The van der Waals surface area contributed by atoms with Gasteiger partial charge in [0.05, 0.1) is 6.61 Å². The quantitative estimate of drug-likeness (QED) is 0.849. The standard InChI is InChI=1S/C14H21NO3/c1-9-10(2)12(7-6-11(9)8-16)15-13(17)18-14(3,4)5/h6-7,16H,8H2,1-5H3,(H,15,17). The second kappa shape index (κ2) is 5.40. The molecule has 0 aliphatic heterocycles. The van der Waals surface area contributed by atoms with Crippen LogP contribution in [0.3, 0.4) is 0 Å². The first-order valence-electron chi connectivity index (χ1n) is 5.94. The van der Waals surface area contributed by atoms with E-state index in [-0.39, 0.29) is 6.61 Å². The monoisotopic (exact) mass is 251 g/mol. The molecule has 0 fully saturated rings. The number of ether oxygens (including phenoxy) is 1. The van der Waals surface area contributed by atoms with E-state index in [4.69, 9.17) is 9.84 Å². The minimum Gasteiger partial charge on any atom is -0.444 e. The first-order chi connectivity index (χ1) is 8.24. The summed E-state index contributed by atoms with van der Waals surface area (Å²) in [6.45, 7) is 9.28. The molecule has 0 saturated heterocycles. The molecule has 100 valence electrons. The van der Waals surface area contributed by atoms with Gasteiger partial charge in [0.25, 0.3) is 0 Å². The highest BCUT2D eigenvalue weighted by molar-refractivity contribution is 5.86. The molecule has 1 aromatic rings. The SMILES string of the molecule is Cc1c(CO)ccc(NC(=O)OC(C)(C)C)c1C. The number of aliphatic hydroxyl groups excluding tert-OH is 1. The summed E-state index contributed by atoms with van der Waals surface area (Å²) in [5.41, 5.74) is 2.97. The lowest BCUT2D eigenvalue weighted by molar-refractivity contribution is 0.0636. The maximum Gasteiger partial charge on any atom is 0.412 e. The first kappa shape index (κ1) is 14.5. The van der Waals surface area contributed by atoms with Crippen molar-refractivity contribution in [2.75, 3.05) is 5.32 Å². The van der Waals surface area contributed by atoms with Crippen LogP contribution in [0, 0.1) is 13.8 Å². The molecule has 0 aromatic heterocycles. The van der Waals surface area contributed by atoms with Crippen molar-refractivity contribution in [2.24, 2.45) is 0 Å². The van der Waals surface area contributed by atoms with Crippen LogP contribution in [0.25, 0.3) is 0 Å². The number of rotatable bonds is 2. The van der Waals surface area contributed by atoms with Gasteiger partial charge in [-0.1, -0.05) is 6.07 Å². The van der Waals surface area contributed by atoms with E-state index in [0.29, 0.717) is 5.69 Å². The van der Waals surface area contributed by atoms with Crippen LogP contribution >= 0.6 is 0 Å². The van der Waals surface area contributed by atoms with E-state index >= 15 is 0 Å². The Morgan fingerprint density at radius 2 is 1.89 bits per heavy atom.